The molecule has 0 spiro atoms. The molecule has 0 saturated heterocycles. The van der Waals surface area contributed by atoms with E-state index in [2.05, 4.69) is 72.4 Å². The van der Waals surface area contributed by atoms with E-state index in [0.717, 1.165) is 27.7 Å². The molecule has 0 fully saturated rings. The fraction of sp³-hybridized carbons (Fsp3) is 0.385. The van der Waals surface area contributed by atoms with Crippen LogP contribution in [0.15, 0.2) is 33.5 Å². The highest BCUT2D eigenvalue weighted by atomic mass is 79.9. The van der Waals surface area contributed by atoms with E-state index >= 15 is 0 Å². The Bertz CT molecular complexity index is 553. The predicted octanol–water partition coefficient (Wildman–Crippen LogP) is 3.23. The third-order valence-corrected chi connectivity index (χ3v) is 4.16. The standard InChI is InChI=1S/C13H16Br2N4/c1-3-16-12(7-13-17-8-18-19(13)2)10-5-4-9(14)6-11(10)15/h4-6,8,12,16H,3,7H2,1-2H3. The van der Waals surface area contributed by atoms with Crippen LogP contribution in [0, 0.1) is 0 Å². The van der Waals surface area contributed by atoms with E-state index in [1.165, 1.54) is 5.56 Å². The van der Waals surface area contributed by atoms with Gasteiger partial charge in [-0.3, -0.25) is 4.68 Å². The highest BCUT2D eigenvalue weighted by molar-refractivity contribution is 9.11. The van der Waals surface area contributed by atoms with Crippen LogP contribution in [0.25, 0.3) is 0 Å². The normalized spacial score (nSPS) is 12.6. The van der Waals surface area contributed by atoms with E-state index in [4.69, 9.17) is 0 Å². The number of benzene rings is 1. The molecule has 2 aromatic rings. The van der Waals surface area contributed by atoms with Crippen molar-refractivity contribution in [1.82, 2.24) is 20.1 Å². The predicted molar refractivity (Wildman–Crippen MR) is 83.0 cm³/mol. The van der Waals surface area contributed by atoms with Crippen molar-refractivity contribution < 1.29 is 0 Å². The molecule has 0 aliphatic heterocycles. The summed E-state index contributed by atoms with van der Waals surface area (Å²) in [5.74, 6) is 0.973. The van der Waals surface area contributed by atoms with Crippen molar-refractivity contribution in [3.8, 4) is 0 Å². The van der Waals surface area contributed by atoms with Crippen molar-refractivity contribution in [3.05, 3.63) is 44.9 Å². The monoisotopic (exact) mass is 386 g/mol. The van der Waals surface area contributed by atoms with Crippen LogP contribution in [0.1, 0.15) is 24.4 Å². The van der Waals surface area contributed by atoms with Gasteiger partial charge in [-0.25, -0.2) is 4.98 Å². The molecule has 0 aliphatic carbocycles. The zero-order valence-electron chi connectivity index (χ0n) is 10.9. The molecule has 19 heavy (non-hydrogen) atoms. The summed E-state index contributed by atoms with van der Waals surface area (Å²) in [4.78, 5) is 4.30. The van der Waals surface area contributed by atoms with E-state index in [1.807, 2.05) is 11.7 Å². The number of aryl methyl sites for hydroxylation is 1. The zero-order chi connectivity index (χ0) is 13.8. The second-order valence-electron chi connectivity index (χ2n) is 4.28. The van der Waals surface area contributed by atoms with Crippen molar-refractivity contribution in [2.45, 2.75) is 19.4 Å². The van der Waals surface area contributed by atoms with Gasteiger partial charge in [0.2, 0.25) is 0 Å². The number of hydrogen-bond donors (Lipinski definition) is 1. The lowest BCUT2D eigenvalue weighted by Crippen LogP contribution is -2.24. The Morgan fingerprint density at radius 1 is 1.37 bits per heavy atom. The average molecular weight is 388 g/mol. The van der Waals surface area contributed by atoms with Crippen LogP contribution >= 0.6 is 31.9 Å². The van der Waals surface area contributed by atoms with Gasteiger partial charge in [-0.2, -0.15) is 5.10 Å². The molecule has 2 rings (SSSR count). The molecule has 1 aromatic heterocycles. The number of aromatic nitrogens is 3. The third-order valence-electron chi connectivity index (χ3n) is 2.98. The van der Waals surface area contributed by atoms with Gasteiger partial charge in [-0.05, 0) is 24.2 Å². The molecule has 0 bridgehead atoms. The molecule has 0 aliphatic rings. The first-order valence-corrected chi connectivity index (χ1v) is 7.71. The second-order valence-corrected chi connectivity index (χ2v) is 6.05. The maximum Gasteiger partial charge on any atom is 0.138 e. The minimum Gasteiger partial charge on any atom is -0.310 e. The number of likely N-dealkylation sites (N-methyl/N-ethyl adjacent to an activating group) is 1. The first kappa shape index (κ1) is 14.7. The van der Waals surface area contributed by atoms with Gasteiger partial charge in [0.05, 0.1) is 0 Å². The van der Waals surface area contributed by atoms with Crippen LogP contribution < -0.4 is 5.32 Å². The number of rotatable bonds is 5. The molecule has 1 N–H and O–H groups in total. The van der Waals surface area contributed by atoms with Gasteiger partial charge >= 0.3 is 0 Å². The van der Waals surface area contributed by atoms with Crippen molar-refractivity contribution in [3.63, 3.8) is 0 Å². The average Bonchev–Trinajstić information content (AvgIpc) is 2.75. The molecule has 0 amide bonds. The van der Waals surface area contributed by atoms with Crippen LogP contribution in [0.3, 0.4) is 0 Å². The van der Waals surface area contributed by atoms with Crippen molar-refractivity contribution in [1.29, 1.82) is 0 Å². The van der Waals surface area contributed by atoms with Crippen LogP contribution in [-0.4, -0.2) is 21.3 Å². The summed E-state index contributed by atoms with van der Waals surface area (Å²) in [6.45, 7) is 3.02. The molecule has 1 unspecified atom stereocenters. The number of hydrogen-bond acceptors (Lipinski definition) is 3. The second kappa shape index (κ2) is 6.63. The minimum atomic E-state index is 0.218. The Kier molecular flexibility index (Phi) is 5.13. The van der Waals surface area contributed by atoms with Crippen LogP contribution in [-0.2, 0) is 13.5 Å². The number of nitrogens with zero attached hydrogens (tertiary/aromatic N) is 3. The highest BCUT2D eigenvalue weighted by Crippen LogP contribution is 2.28. The third kappa shape index (κ3) is 3.64. The lowest BCUT2D eigenvalue weighted by atomic mass is 10.0. The van der Waals surface area contributed by atoms with Gasteiger partial charge < -0.3 is 5.32 Å². The molecule has 1 heterocycles. The smallest absolute Gasteiger partial charge is 0.138 e. The minimum absolute atomic E-state index is 0.218. The molecule has 0 saturated carbocycles. The van der Waals surface area contributed by atoms with Gasteiger partial charge in [0, 0.05) is 28.5 Å². The highest BCUT2D eigenvalue weighted by Gasteiger charge is 2.16. The Balaban J connectivity index is 2.27. The molecule has 0 radical (unpaired) electrons. The van der Waals surface area contributed by atoms with Crippen LogP contribution in [0.5, 0.6) is 0 Å². The summed E-state index contributed by atoms with van der Waals surface area (Å²) in [5.41, 5.74) is 1.23. The summed E-state index contributed by atoms with van der Waals surface area (Å²) in [6.07, 6.45) is 2.40. The van der Waals surface area contributed by atoms with Crippen LogP contribution in [0.2, 0.25) is 0 Å². The maximum atomic E-state index is 4.30. The topological polar surface area (TPSA) is 42.7 Å². The summed E-state index contributed by atoms with van der Waals surface area (Å²) in [5, 5.41) is 7.62. The quantitative estimate of drug-likeness (QED) is 0.856. The molecular formula is C13H16Br2N4. The Morgan fingerprint density at radius 3 is 2.74 bits per heavy atom. The summed E-state index contributed by atoms with van der Waals surface area (Å²) < 4.78 is 3.98. The van der Waals surface area contributed by atoms with Gasteiger partial charge in [-0.15, -0.1) is 0 Å². The van der Waals surface area contributed by atoms with E-state index in [0.29, 0.717) is 0 Å². The van der Waals surface area contributed by atoms with E-state index in [1.54, 1.807) is 6.33 Å². The fourth-order valence-corrected chi connectivity index (χ4v) is 3.33. The van der Waals surface area contributed by atoms with Gasteiger partial charge in [0.1, 0.15) is 12.2 Å². The van der Waals surface area contributed by atoms with E-state index in [9.17, 15) is 0 Å². The van der Waals surface area contributed by atoms with Crippen molar-refractivity contribution in [2.75, 3.05) is 6.54 Å². The molecule has 1 aromatic carbocycles. The first-order chi connectivity index (χ1) is 9.11. The largest absolute Gasteiger partial charge is 0.310 e. The summed E-state index contributed by atoms with van der Waals surface area (Å²) >= 11 is 7.11. The molecule has 1 atom stereocenters. The lowest BCUT2D eigenvalue weighted by Gasteiger charge is -2.19. The van der Waals surface area contributed by atoms with Crippen molar-refractivity contribution in [2.24, 2.45) is 7.05 Å². The fourth-order valence-electron chi connectivity index (χ4n) is 2.01. The van der Waals surface area contributed by atoms with Gasteiger partial charge in [-0.1, -0.05) is 44.8 Å². The molecule has 6 heteroatoms. The maximum absolute atomic E-state index is 4.30. The van der Waals surface area contributed by atoms with Crippen molar-refractivity contribution >= 4 is 31.9 Å². The number of nitrogens with one attached hydrogen (secondary N) is 1. The SMILES string of the molecule is CCNC(Cc1ncnn1C)c1ccc(Br)cc1Br. The van der Waals surface area contributed by atoms with E-state index < -0.39 is 0 Å². The number of halogens is 2. The van der Waals surface area contributed by atoms with E-state index in [-0.39, 0.29) is 6.04 Å². The zero-order valence-corrected chi connectivity index (χ0v) is 14.1. The Morgan fingerprint density at radius 2 is 2.16 bits per heavy atom. The molecule has 4 nitrogen and oxygen atoms in total. The first-order valence-electron chi connectivity index (χ1n) is 6.13. The molecular weight excluding hydrogens is 372 g/mol. The van der Waals surface area contributed by atoms with Gasteiger partial charge in [0.15, 0.2) is 0 Å². The Labute approximate surface area is 129 Å². The summed E-state index contributed by atoms with van der Waals surface area (Å²) in [6, 6.07) is 6.46. The Hall–Kier alpha value is -0.720. The lowest BCUT2D eigenvalue weighted by molar-refractivity contribution is 0.520. The molecule has 102 valence electrons. The van der Waals surface area contributed by atoms with Gasteiger partial charge in [0.25, 0.3) is 0 Å². The van der Waals surface area contributed by atoms with Crippen LogP contribution in [0.4, 0.5) is 0 Å². The summed E-state index contributed by atoms with van der Waals surface area (Å²) in [7, 11) is 1.92.